The van der Waals surface area contributed by atoms with Crippen molar-refractivity contribution in [3.63, 3.8) is 0 Å². The van der Waals surface area contributed by atoms with Crippen LogP contribution in [0.4, 0.5) is 0 Å². The molecule has 0 N–H and O–H groups in total. The van der Waals surface area contributed by atoms with Gasteiger partial charge in [-0.2, -0.15) is 0 Å². The zero-order valence-electron chi connectivity index (χ0n) is 33.6. The molecule has 0 bridgehead atoms. The molecule has 9 aromatic carbocycles. The minimum atomic E-state index is 0.872. The molecule has 2 nitrogen and oxygen atoms in total. The molecule has 0 saturated heterocycles. The highest BCUT2D eigenvalue weighted by atomic mass is 15.0. The first-order valence-corrected chi connectivity index (χ1v) is 21.1. The highest BCUT2D eigenvalue weighted by molar-refractivity contribution is 6.13. The zero-order valence-corrected chi connectivity index (χ0v) is 33.6. The van der Waals surface area contributed by atoms with Gasteiger partial charge in [0.05, 0.1) is 22.1 Å². The maximum absolute atomic E-state index is 4.41. The number of nitrogens with zero attached hydrogens (tertiary/aromatic N) is 2. The Morgan fingerprint density at radius 3 is 1.66 bits per heavy atom. The molecule has 0 radical (unpaired) electrons. The molecule has 0 spiro atoms. The SMILES string of the molecule is C=C1/C=C\C=C/Cc2ccc(-c3ccc4ccc(-n5c6ccccc6c6cc(-c7ccc8c(c7)c7ccccc7n8-c7ccccc7)ccc65)cc4c3)cc2-c2ccccc21. The molecule has 286 valence electrons. The molecule has 0 atom stereocenters. The van der Waals surface area contributed by atoms with Crippen molar-refractivity contribution in [2.24, 2.45) is 0 Å². The van der Waals surface area contributed by atoms with Crippen LogP contribution in [0.3, 0.4) is 0 Å². The van der Waals surface area contributed by atoms with Crippen molar-refractivity contribution in [1.29, 1.82) is 0 Å². The van der Waals surface area contributed by atoms with Crippen LogP contribution in [0, 0.1) is 0 Å². The van der Waals surface area contributed by atoms with Gasteiger partial charge in [0.15, 0.2) is 0 Å². The Kier molecular flexibility index (Phi) is 8.11. The first-order valence-electron chi connectivity index (χ1n) is 21.1. The Bertz CT molecular complexity index is 3630. The fraction of sp³-hybridized carbons (Fsp3) is 0.0169. The second-order valence-electron chi connectivity index (χ2n) is 16.2. The Hall–Kier alpha value is -7.94. The molecular weight excluding hydrogens is 737 g/mol. The van der Waals surface area contributed by atoms with Gasteiger partial charge in [0.1, 0.15) is 0 Å². The number of hydrogen-bond donors (Lipinski definition) is 0. The molecule has 12 rings (SSSR count). The number of para-hydroxylation sites is 3. The van der Waals surface area contributed by atoms with Gasteiger partial charge in [0.25, 0.3) is 0 Å². The highest BCUT2D eigenvalue weighted by Gasteiger charge is 2.17. The minimum absolute atomic E-state index is 0.872. The average Bonchev–Trinajstić information content (AvgIpc) is 3.83. The fourth-order valence-corrected chi connectivity index (χ4v) is 9.71. The summed E-state index contributed by atoms with van der Waals surface area (Å²) in [6.07, 6.45) is 9.42. The third-order valence-electron chi connectivity index (χ3n) is 12.7. The highest BCUT2D eigenvalue weighted by Crippen LogP contribution is 2.40. The summed E-state index contributed by atoms with van der Waals surface area (Å²) in [6, 6.07) is 71.5. The molecule has 0 fully saturated rings. The third kappa shape index (κ3) is 5.79. The third-order valence-corrected chi connectivity index (χ3v) is 12.7. The van der Waals surface area contributed by atoms with Crippen LogP contribution in [0.5, 0.6) is 0 Å². The van der Waals surface area contributed by atoms with Gasteiger partial charge in [-0.15, -0.1) is 0 Å². The summed E-state index contributed by atoms with van der Waals surface area (Å²) in [5, 5.41) is 7.44. The normalized spacial score (nSPS) is 13.8. The van der Waals surface area contributed by atoms with Gasteiger partial charge in [0.2, 0.25) is 0 Å². The van der Waals surface area contributed by atoms with Crippen molar-refractivity contribution in [3.05, 3.63) is 236 Å². The second-order valence-corrected chi connectivity index (χ2v) is 16.2. The number of fused-ring (bicyclic) bond motifs is 10. The van der Waals surface area contributed by atoms with Crippen LogP contribution in [0.2, 0.25) is 0 Å². The summed E-state index contributed by atoms with van der Waals surface area (Å²) in [5.74, 6) is 0. The quantitative estimate of drug-likeness (QED) is 0.168. The fourth-order valence-electron chi connectivity index (χ4n) is 9.71. The summed E-state index contributed by atoms with van der Waals surface area (Å²) in [7, 11) is 0. The van der Waals surface area contributed by atoms with E-state index in [-0.39, 0.29) is 0 Å². The van der Waals surface area contributed by atoms with Crippen molar-refractivity contribution in [3.8, 4) is 44.8 Å². The van der Waals surface area contributed by atoms with E-state index in [1.807, 2.05) is 0 Å². The van der Waals surface area contributed by atoms with E-state index in [0.29, 0.717) is 0 Å². The van der Waals surface area contributed by atoms with Crippen molar-refractivity contribution >= 4 is 60.0 Å². The molecule has 11 aromatic rings. The molecule has 2 heterocycles. The van der Waals surface area contributed by atoms with E-state index in [2.05, 4.69) is 234 Å². The number of benzene rings is 9. The predicted molar refractivity (Wildman–Crippen MR) is 260 cm³/mol. The van der Waals surface area contributed by atoms with E-state index in [4.69, 9.17) is 0 Å². The number of hydrogen-bond acceptors (Lipinski definition) is 0. The summed E-state index contributed by atoms with van der Waals surface area (Å²) in [5.41, 5.74) is 17.9. The standard InChI is InChI=1S/C59H40N2/c1-39-14-4-2-5-15-41-25-27-43(36-53(41)50-19-9-8-18-49(39)50)42-26-24-40-28-31-48(35-46(40)34-42)61-57-23-13-11-21-52(57)55-38-45(30-33-59(55)61)44-29-32-58-54(37-44)51-20-10-12-22-56(51)60(58)47-16-6-3-7-17-47/h2-14,16-38H,1,15H2/b5-2-,14-4-. The summed E-state index contributed by atoms with van der Waals surface area (Å²) in [6.45, 7) is 4.41. The summed E-state index contributed by atoms with van der Waals surface area (Å²) in [4.78, 5) is 0. The maximum Gasteiger partial charge on any atom is 0.0541 e. The topological polar surface area (TPSA) is 9.86 Å². The molecule has 0 saturated carbocycles. The van der Waals surface area contributed by atoms with Crippen molar-refractivity contribution in [1.82, 2.24) is 9.13 Å². The molecule has 1 aliphatic rings. The molecule has 0 amide bonds. The lowest BCUT2D eigenvalue weighted by Crippen LogP contribution is -1.95. The maximum atomic E-state index is 4.41. The second kappa shape index (κ2) is 14.1. The number of aromatic nitrogens is 2. The Balaban J connectivity index is 0.961. The molecule has 61 heavy (non-hydrogen) atoms. The molecule has 2 heteroatoms. The van der Waals surface area contributed by atoms with E-state index >= 15 is 0 Å². The van der Waals surface area contributed by atoms with Crippen LogP contribution in [0.15, 0.2) is 225 Å². The largest absolute Gasteiger partial charge is 0.309 e. The average molecular weight is 777 g/mol. The van der Waals surface area contributed by atoms with E-state index in [0.717, 1.165) is 17.7 Å². The number of rotatable bonds is 4. The Morgan fingerprint density at radius 2 is 0.918 bits per heavy atom. The Labute approximate surface area is 354 Å². The van der Waals surface area contributed by atoms with E-state index < -0.39 is 0 Å². The lowest BCUT2D eigenvalue weighted by molar-refractivity contribution is 1.18. The van der Waals surface area contributed by atoms with Crippen LogP contribution in [0.1, 0.15) is 11.1 Å². The molecule has 0 unspecified atom stereocenters. The van der Waals surface area contributed by atoms with Gasteiger partial charge < -0.3 is 9.13 Å². The number of allylic oxidation sites excluding steroid dienone is 5. The summed E-state index contributed by atoms with van der Waals surface area (Å²) >= 11 is 0. The lowest BCUT2D eigenvalue weighted by Gasteiger charge is -2.16. The predicted octanol–water partition coefficient (Wildman–Crippen LogP) is 15.7. The molecule has 2 aromatic heterocycles. The van der Waals surface area contributed by atoms with Crippen molar-refractivity contribution in [2.75, 3.05) is 0 Å². The van der Waals surface area contributed by atoms with E-state index in [1.165, 1.54) is 105 Å². The first-order chi connectivity index (χ1) is 30.2. The monoisotopic (exact) mass is 776 g/mol. The summed E-state index contributed by atoms with van der Waals surface area (Å²) < 4.78 is 4.81. The molecular formula is C59H40N2. The van der Waals surface area contributed by atoms with Crippen LogP contribution in [-0.2, 0) is 6.42 Å². The van der Waals surface area contributed by atoms with Crippen LogP contribution in [-0.4, -0.2) is 9.13 Å². The Morgan fingerprint density at radius 1 is 0.361 bits per heavy atom. The van der Waals surface area contributed by atoms with Gasteiger partial charge in [-0.25, -0.2) is 0 Å². The lowest BCUT2D eigenvalue weighted by atomic mass is 9.88. The van der Waals surface area contributed by atoms with Gasteiger partial charge in [-0.3, -0.25) is 0 Å². The zero-order chi connectivity index (χ0) is 40.4. The van der Waals surface area contributed by atoms with Crippen LogP contribution in [0.25, 0.3) is 105 Å². The van der Waals surface area contributed by atoms with Crippen LogP contribution >= 0.6 is 0 Å². The van der Waals surface area contributed by atoms with Gasteiger partial charge in [-0.1, -0.05) is 152 Å². The minimum Gasteiger partial charge on any atom is -0.309 e. The molecule has 0 aliphatic heterocycles. The van der Waals surface area contributed by atoms with Gasteiger partial charge in [0, 0.05) is 32.9 Å². The van der Waals surface area contributed by atoms with Crippen LogP contribution < -0.4 is 0 Å². The van der Waals surface area contributed by atoms with Crippen molar-refractivity contribution < 1.29 is 0 Å². The molecule has 1 aliphatic carbocycles. The van der Waals surface area contributed by atoms with E-state index in [1.54, 1.807) is 0 Å². The van der Waals surface area contributed by atoms with Gasteiger partial charge >= 0.3 is 0 Å². The van der Waals surface area contributed by atoms with Crippen molar-refractivity contribution in [2.45, 2.75) is 6.42 Å². The first kappa shape index (κ1) is 35.0. The van der Waals surface area contributed by atoms with E-state index in [9.17, 15) is 0 Å². The van der Waals surface area contributed by atoms with Gasteiger partial charge in [-0.05, 0) is 140 Å². The smallest absolute Gasteiger partial charge is 0.0541 e.